The molecule has 0 amide bonds. The monoisotopic (exact) mass is 282 g/mol. The highest BCUT2D eigenvalue weighted by Crippen LogP contribution is 2.30. The molecule has 0 fully saturated rings. The fourth-order valence-electron chi connectivity index (χ4n) is 2.14. The van der Waals surface area contributed by atoms with E-state index < -0.39 is 0 Å². The fourth-order valence-corrected chi connectivity index (χ4v) is 2.91. The minimum atomic E-state index is -0.369. The van der Waals surface area contributed by atoms with E-state index in [0.29, 0.717) is 16.4 Å². The number of nitrogens with zero attached hydrogens (tertiary/aromatic N) is 2. The Morgan fingerprint density at radius 2 is 2.20 bits per heavy atom. The van der Waals surface area contributed by atoms with Crippen LogP contribution in [0.1, 0.15) is 11.3 Å². The van der Waals surface area contributed by atoms with Crippen molar-refractivity contribution in [3.63, 3.8) is 0 Å². The molecular formula is C14H10N4OS. The molecule has 0 aliphatic rings. The maximum absolute atomic E-state index is 11.8. The largest absolute Gasteiger partial charge is 0.375 e. The van der Waals surface area contributed by atoms with Crippen molar-refractivity contribution in [2.24, 2.45) is 0 Å². The average Bonchev–Trinajstić information content (AvgIpc) is 2.76. The van der Waals surface area contributed by atoms with Crippen molar-refractivity contribution in [2.45, 2.75) is 6.92 Å². The zero-order chi connectivity index (χ0) is 14.3. The number of nitriles is 1. The summed E-state index contributed by atoms with van der Waals surface area (Å²) >= 11 is 1.38. The highest BCUT2D eigenvalue weighted by molar-refractivity contribution is 7.22. The first kappa shape index (κ1) is 12.4. The Balaban J connectivity index is 2.30. The van der Waals surface area contributed by atoms with E-state index in [-0.39, 0.29) is 11.1 Å². The number of hydrogen-bond acceptors (Lipinski definition) is 5. The van der Waals surface area contributed by atoms with Crippen LogP contribution in [-0.2, 0) is 0 Å². The van der Waals surface area contributed by atoms with Crippen molar-refractivity contribution in [2.75, 3.05) is 5.73 Å². The molecule has 0 aliphatic heterocycles. The van der Waals surface area contributed by atoms with Gasteiger partial charge in [-0.15, -0.1) is 0 Å². The number of aryl methyl sites for hydroxylation is 1. The number of aromatic nitrogens is 2. The van der Waals surface area contributed by atoms with Crippen molar-refractivity contribution in [3.05, 3.63) is 45.9 Å². The van der Waals surface area contributed by atoms with Crippen LogP contribution < -0.4 is 11.3 Å². The third-order valence-electron chi connectivity index (χ3n) is 3.00. The molecule has 2 aromatic heterocycles. The summed E-state index contributed by atoms with van der Waals surface area (Å²) in [6, 6.07) is 9.35. The minimum absolute atomic E-state index is 0.118. The summed E-state index contributed by atoms with van der Waals surface area (Å²) in [6.45, 7) is 1.79. The molecule has 3 N–H and O–H groups in total. The van der Waals surface area contributed by atoms with Crippen molar-refractivity contribution in [1.29, 1.82) is 5.26 Å². The average molecular weight is 282 g/mol. The number of nitrogens with two attached hydrogens (primary N) is 1. The number of rotatable bonds is 1. The Morgan fingerprint density at radius 1 is 1.40 bits per heavy atom. The molecule has 2 heterocycles. The van der Waals surface area contributed by atoms with Gasteiger partial charge in [0.2, 0.25) is 0 Å². The number of fused-ring (bicyclic) bond motifs is 1. The zero-order valence-electron chi connectivity index (χ0n) is 10.6. The molecule has 3 aromatic rings. The second-order valence-corrected chi connectivity index (χ2v) is 5.48. The Hall–Kier alpha value is -2.65. The molecule has 0 atom stereocenters. The lowest BCUT2D eigenvalue weighted by molar-refractivity contribution is 1.13. The molecule has 6 heteroatoms. The number of aromatic amines is 1. The third-order valence-corrected chi connectivity index (χ3v) is 3.84. The summed E-state index contributed by atoms with van der Waals surface area (Å²) in [7, 11) is 0. The van der Waals surface area contributed by atoms with Crippen LogP contribution in [0.5, 0.6) is 0 Å². The lowest BCUT2D eigenvalue weighted by Crippen LogP contribution is -2.12. The normalized spacial score (nSPS) is 10.6. The van der Waals surface area contributed by atoms with Gasteiger partial charge in [0.05, 0.1) is 10.2 Å². The molecule has 0 saturated heterocycles. The molecule has 98 valence electrons. The van der Waals surface area contributed by atoms with Crippen LogP contribution in [0.25, 0.3) is 21.3 Å². The predicted molar refractivity (Wildman–Crippen MR) is 79.5 cm³/mol. The van der Waals surface area contributed by atoms with Gasteiger partial charge in [-0.1, -0.05) is 17.4 Å². The van der Waals surface area contributed by atoms with Gasteiger partial charge >= 0.3 is 0 Å². The van der Waals surface area contributed by atoms with Gasteiger partial charge in [-0.25, -0.2) is 4.98 Å². The summed E-state index contributed by atoms with van der Waals surface area (Å²) in [4.78, 5) is 18.6. The van der Waals surface area contributed by atoms with Gasteiger partial charge in [-0.3, -0.25) is 4.79 Å². The predicted octanol–water partition coefficient (Wildman–Crippen LogP) is 2.41. The number of benzene rings is 1. The number of thiazole rings is 1. The van der Waals surface area contributed by atoms with Gasteiger partial charge in [0, 0.05) is 11.3 Å². The van der Waals surface area contributed by atoms with E-state index in [9.17, 15) is 4.79 Å². The lowest BCUT2D eigenvalue weighted by atomic mass is 10.0. The molecular weight excluding hydrogens is 272 g/mol. The Bertz CT molecular complexity index is 917. The van der Waals surface area contributed by atoms with Crippen LogP contribution in [0.2, 0.25) is 0 Å². The minimum Gasteiger partial charge on any atom is -0.375 e. The number of pyridine rings is 1. The van der Waals surface area contributed by atoms with Gasteiger partial charge in [-0.05, 0) is 30.7 Å². The number of H-pyrrole nitrogens is 1. The van der Waals surface area contributed by atoms with Crippen molar-refractivity contribution in [1.82, 2.24) is 9.97 Å². The van der Waals surface area contributed by atoms with Gasteiger partial charge in [0.15, 0.2) is 5.13 Å². The van der Waals surface area contributed by atoms with E-state index in [1.165, 1.54) is 11.3 Å². The molecule has 0 radical (unpaired) electrons. The van der Waals surface area contributed by atoms with E-state index in [4.69, 9.17) is 11.0 Å². The highest BCUT2D eigenvalue weighted by atomic mass is 32.1. The van der Waals surface area contributed by atoms with Crippen molar-refractivity contribution >= 4 is 26.7 Å². The molecule has 3 rings (SSSR count). The van der Waals surface area contributed by atoms with Crippen LogP contribution >= 0.6 is 11.3 Å². The Kier molecular flexibility index (Phi) is 2.77. The topological polar surface area (TPSA) is 95.6 Å². The summed E-state index contributed by atoms with van der Waals surface area (Å²) in [5.41, 5.74) is 8.40. The van der Waals surface area contributed by atoms with Crippen molar-refractivity contribution < 1.29 is 0 Å². The molecule has 0 unspecified atom stereocenters. The molecule has 0 aliphatic carbocycles. The number of anilines is 1. The van der Waals surface area contributed by atoms with Crippen LogP contribution in [0.3, 0.4) is 0 Å². The van der Waals surface area contributed by atoms with Crippen LogP contribution in [0.15, 0.2) is 29.1 Å². The van der Waals surface area contributed by atoms with Crippen molar-refractivity contribution in [3.8, 4) is 17.2 Å². The molecule has 5 nitrogen and oxygen atoms in total. The first-order valence-corrected chi connectivity index (χ1v) is 6.70. The number of nitrogen functional groups attached to an aromatic ring is 1. The second kappa shape index (κ2) is 4.47. The fraction of sp³-hybridized carbons (Fsp3) is 0.0714. The van der Waals surface area contributed by atoms with Gasteiger partial charge in [0.1, 0.15) is 11.6 Å². The maximum atomic E-state index is 11.8. The molecule has 0 saturated carbocycles. The highest BCUT2D eigenvalue weighted by Gasteiger charge is 2.11. The van der Waals surface area contributed by atoms with E-state index in [1.807, 2.05) is 24.3 Å². The molecule has 0 bridgehead atoms. The van der Waals surface area contributed by atoms with Crippen LogP contribution in [0.4, 0.5) is 5.13 Å². The Labute approximate surface area is 118 Å². The zero-order valence-corrected chi connectivity index (χ0v) is 11.4. The molecule has 1 aromatic carbocycles. The first-order valence-electron chi connectivity index (χ1n) is 5.89. The van der Waals surface area contributed by atoms with E-state index in [0.717, 1.165) is 15.8 Å². The molecule has 20 heavy (non-hydrogen) atoms. The molecule has 0 spiro atoms. The SMILES string of the molecule is Cc1cc(-c2ccc3nc(N)sc3c2)c(C#N)c(=O)[nH]1. The number of nitrogens with one attached hydrogen (secondary N) is 1. The van der Waals surface area contributed by atoms with Crippen LogP contribution in [0, 0.1) is 18.3 Å². The summed E-state index contributed by atoms with van der Waals surface area (Å²) < 4.78 is 0.932. The first-order chi connectivity index (χ1) is 9.58. The maximum Gasteiger partial charge on any atom is 0.266 e. The van der Waals surface area contributed by atoms with Gasteiger partial charge in [-0.2, -0.15) is 5.26 Å². The smallest absolute Gasteiger partial charge is 0.266 e. The summed E-state index contributed by atoms with van der Waals surface area (Å²) in [5.74, 6) is 0. The van der Waals surface area contributed by atoms with E-state index in [2.05, 4.69) is 9.97 Å². The van der Waals surface area contributed by atoms with Gasteiger partial charge < -0.3 is 10.7 Å². The van der Waals surface area contributed by atoms with Gasteiger partial charge in [0.25, 0.3) is 5.56 Å². The van der Waals surface area contributed by atoms with E-state index in [1.54, 1.807) is 13.0 Å². The van der Waals surface area contributed by atoms with E-state index >= 15 is 0 Å². The summed E-state index contributed by atoms with van der Waals surface area (Å²) in [5, 5.41) is 9.67. The third kappa shape index (κ3) is 1.94. The quantitative estimate of drug-likeness (QED) is 0.716. The summed E-state index contributed by atoms with van der Waals surface area (Å²) in [6.07, 6.45) is 0. The lowest BCUT2D eigenvalue weighted by Gasteiger charge is -2.05. The standard InChI is InChI=1S/C14H10N4OS/c1-7-4-9(10(6-15)13(19)17-7)8-2-3-11-12(5-8)20-14(16)18-11/h2-5H,1H3,(H2,16,18)(H,17,19). The Morgan fingerprint density at radius 3 is 2.95 bits per heavy atom. The second-order valence-electron chi connectivity index (χ2n) is 4.42. The number of hydrogen-bond donors (Lipinski definition) is 2. The van der Waals surface area contributed by atoms with Crippen LogP contribution in [-0.4, -0.2) is 9.97 Å².